The molecule has 0 aliphatic carbocycles. The summed E-state index contributed by atoms with van der Waals surface area (Å²) in [7, 11) is 1.62. The molecule has 1 aliphatic heterocycles. The highest BCUT2D eigenvalue weighted by atomic mass is 35.5. The normalized spacial score (nSPS) is 17.6. The molecule has 5 rings (SSSR count). The van der Waals surface area contributed by atoms with Gasteiger partial charge in [0.15, 0.2) is 17.3 Å². The maximum atomic E-state index is 14.9. The summed E-state index contributed by atoms with van der Waals surface area (Å²) in [5, 5.41) is 8.79. The molecule has 1 aliphatic rings. The van der Waals surface area contributed by atoms with Crippen LogP contribution in [0.5, 0.6) is 23.0 Å². The average molecular weight is 731 g/mol. The van der Waals surface area contributed by atoms with Crippen LogP contribution < -0.4 is 30.2 Å². The maximum Gasteiger partial charge on any atom is 0.255 e. The molecule has 13 heteroatoms. The molecular formula is C39H40ClFN4O7. The zero-order valence-corrected chi connectivity index (χ0v) is 29.5. The second-order valence-electron chi connectivity index (χ2n) is 12.3. The van der Waals surface area contributed by atoms with Crippen LogP contribution in [0.1, 0.15) is 35.7 Å². The van der Waals surface area contributed by atoms with Gasteiger partial charge in [0.2, 0.25) is 17.7 Å². The van der Waals surface area contributed by atoms with Crippen molar-refractivity contribution in [3.63, 3.8) is 0 Å². The van der Waals surface area contributed by atoms with Crippen LogP contribution in [0.25, 0.3) is 0 Å². The Bertz CT molecular complexity index is 1880. The Kier molecular flexibility index (Phi) is 13.1. The Hall–Kier alpha value is -5.62. The van der Waals surface area contributed by atoms with Crippen LogP contribution in [0, 0.1) is 5.82 Å². The quantitative estimate of drug-likeness (QED) is 0.213. The SMILES string of the molecule is C[C@H](COc1c(F)cccc1Oc1cccc(Cl)c1)NC(=O)[C@@H]1CCC(=O)N[C@@H](Cc2ccccc2)C(=O)N(C)CCOc2ccccc2C(=O)N1. The van der Waals surface area contributed by atoms with Crippen molar-refractivity contribution < 1.29 is 37.8 Å². The summed E-state index contributed by atoms with van der Waals surface area (Å²) in [5.41, 5.74) is 1.04. The minimum atomic E-state index is -1.17. The molecular weight excluding hydrogens is 691 g/mol. The molecule has 0 aromatic heterocycles. The van der Waals surface area contributed by atoms with E-state index in [1.54, 1.807) is 62.5 Å². The van der Waals surface area contributed by atoms with Crippen LogP contribution in [-0.4, -0.2) is 73.5 Å². The first-order valence-corrected chi connectivity index (χ1v) is 17.2. The number of carbonyl (C=O) groups excluding carboxylic acids is 4. The lowest BCUT2D eigenvalue weighted by Crippen LogP contribution is -2.51. The molecule has 52 heavy (non-hydrogen) atoms. The van der Waals surface area contributed by atoms with Crippen molar-refractivity contribution in [1.82, 2.24) is 20.9 Å². The topological polar surface area (TPSA) is 135 Å². The van der Waals surface area contributed by atoms with Gasteiger partial charge in [0.1, 0.15) is 36.8 Å². The number of carbonyl (C=O) groups is 4. The third-order valence-corrected chi connectivity index (χ3v) is 8.45. The van der Waals surface area contributed by atoms with E-state index in [1.165, 1.54) is 23.1 Å². The van der Waals surface area contributed by atoms with Crippen LogP contribution in [0.2, 0.25) is 5.02 Å². The fourth-order valence-corrected chi connectivity index (χ4v) is 5.69. The van der Waals surface area contributed by atoms with Gasteiger partial charge >= 0.3 is 0 Å². The third kappa shape index (κ3) is 10.5. The predicted octanol–water partition coefficient (Wildman–Crippen LogP) is 5.31. The Morgan fingerprint density at radius 2 is 1.75 bits per heavy atom. The molecule has 4 aromatic rings. The first-order valence-electron chi connectivity index (χ1n) is 16.8. The van der Waals surface area contributed by atoms with Gasteiger partial charge in [-0.05, 0) is 61.4 Å². The Labute approximate surface area is 306 Å². The van der Waals surface area contributed by atoms with Gasteiger partial charge in [-0.25, -0.2) is 4.39 Å². The highest BCUT2D eigenvalue weighted by molar-refractivity contribution is 6.30. The first-order chi connectivity index (χ1) is 25.1. The van der Waals surface area contributed by atoms with Crippen LogP contribution in [-0.2, 0) is 20.8 Å². The summed E-state index contributed by atoms with van der Waals surface area (Å²) in [4.78, 5) is 55.5. The van der Waals surface area contributed by atoms with Crippen molar-refractivity contribution in [2.45, 2.75) is 44.3 Å². The summed E-state index contributed by atoms with van der Waals surface area (Å²) < 4.78 is 32.4. The van der Waals surface area contributed by atoms with Gasteiger partial charge in [0, 0.05) is 24.9 Å². The number of benzene rings is 4. The summed E-state index contributed by atoms with van der Waals surface area (Å²) in [6.45, 7) is 1.76. The maximum absolute atomic E-state index is 14.9. The minimum absolute atomic E-state index is 0.0772. The number of nitrogens with one attached hydrogen (secondary N) is 3. The van der Waals surface area contributed by atoms with E-state index in [9.17, 15) is 23.6 Å². The Balaban J connectivity index is 1.31. The van der Waals surface area contributed by atoms with Crippen LogP contribution in [0.15, 0.2) is 97.1 Å². The smallest absolute Gasteiger partial charge is 0.255 e. The van der Waals surface area contributed by atoms with Gasteiger partial charge in [0.25, 0.3) is 5.91 Å². The zero-order chi connectivity index (χ0) is 37.0. The average Bonchev–Trinajstić information content (AvgIpc) is 3.12. The molecule has 0 spiro atoms. The fourth-order valence-electron chi connectivity index (χ4n) is 5.51. The minimum Gasteiger partial charge on any atom is -0.491 e. The number of nitrogens with zero attached hydrogens (tertiary/aromatic N) is 1. The highest BCUT2D eigenvalue weighted by Gasteiger charge is 2.29. The number of halogens is 2. The van der Waals surface area contributed by atoms with Crippen molar-refractivity contribution in [1.29, 1.82) is 0 Å². The van der Waals surface area contributed by atoms with Gasteiger partial charge in [0.05, 0.1) is 18.2 Å². The van der Waals surface area contributed by atoms with Crippen molar-refractivity contribution in [3.05, 3.63) is 119 Å². The number of amides is 4. The summed E-state index contributed by atoms with van der Waals surface area (Å²) in [6, 6.07) is 24.0. The van der Waals surface area contributed by atoms with Crippen LogP contribution in [0.4, 0.5) is 4.39 Å². The van der Waals surface area contributed by atoms with Gasteiger partial charge < -0.3 is 35.1 Å². The van der Waals surface area contributed by atoms with Crippen molar-refractivity contribution in [3.8, 4) is 23.0 Å². The number of para-hydroxylation sites is 2. The second kappa shape index (κ2) is 18.0. The lowest BCUT2D eigenvalue weighted by molar-refractivity contribution is -0.135. The summed E-state index contributed by atoms with van der Waals surface area (Å²) in [6.07, 6.45) is -0.0123. The molecule has 0 unspecified atom stereocenters. The first kappa shape index (κ1) is 37.6. The third-order valence-electron chi connectivity index (χ3n) is 8.21. The van der Waals surface area contributed by atoms with Crippen LogP contribution in [0.3, 0.4) is 0 Å². The van der Waals surface area contributed by atoms with Crippen molar-refractivity contribution in [2.24, 2.45) is 0 Å². The predicted molar refractivity (Wildman–Crippen MR) is 193 cm³/mol. The molecule has 0 bridgehead atoms. The number of rotatable bonds is 9. The zero-order valence-electron chi connectivity index (χ0n) is 28.8. The summed E-state index contributed by atoms with van der Waals surface area (Å²) in [5.74, 6) is -2.04. The van der Waals surface area contributed by atoms with E-state index >= 15 is 0 Å². The lowest BCUT2D eigenvalue weighted by atomic mass is 10.0. The molecule has 272 valence electrons. The lowest BCUT2D eigenvalue weighted by Gasteiger charge is -2.25. The molecule has 0 saturated heterocycles. The molecule has 4 aromatic carbocycles. The molecule has 0 radical (unpaired) electrons. The Morgan fingerprint density at radius 1 is 1.00 bits per heavy atom. The highest BCUT2D eigenvalue weighted by Crippen LogP contribution is 2.34. The van der Waals surface area contributed by atoms with Crippen molar-refractivity contribution >= 4 is 35.2 Å². The van der Waals surface area contributed by atoms with Gasteiger partial charge in [-0.2, -0.15) is 0 Å². The number of hydrogen-bond acceptors (Lipinski definition) is 7. The van der Waals surface area contributed by atoms with E-state index < -0.39 is 41.7 Å². The number of ether oxygens (including phenoxy) is 3. The summed E-state index contributed by atoms with van der Waals surface area (Å²) >= 11 is 6.06. The van der Waals surface area contributed by atoms with E-state index in [1.807, 2.05) is 30.3 Å². The molecule has 11 nitrogen and oxygen atoms in total. The number of fused-ring (bicyclic) bond motifs is 1. The van der Waals surface area contributed by atoms with E-state index in [2.05, 4.69) is 16.0 Å². The van der Waals surface area contributed by atoms with Gasteiger partial charge in [-0.15, -0.1) is 0 Å². The molecule has 3 N–H and O–H groups in total. The van der Waals surface area contributed by atoms with E-state index in [0.717, 1.165) is 5.56 Å². The number of hydrogen-bond donors (Lipinski definition) is 3. The molecule has 1 heterocycles. The van der Waals surface area contributed by atoms with Gasteiger partial charge in [-0.1, -0.05) is 66.2 Å². The fraction of sp³-hybridized carbons (Fsp3) is 0.282. The molecule has 4 amide bonds. The molecule has 0 fully saturated rings. The largest absolute Gasteiger partial charge is 0.491 e. The van der Waals surface area contributed by atoms with Crippen LogP contribution >= 0.6 is 11.6 Å². The van der Waals surface area contributed by atoms with E-state index in [4.69, 9.17) is 25.8 Å². The number of likely N-dealkylation sites (N-methyl/N-ethyl adjacent to an activating group) is 1. The van der Waals surface area contributed by atoms with E-state index in [0.29, 0.717) is 10.8 Å². The van der Waals surface area contributed by atoms with Gasteiger partial charge in [-0.3, -0.25) is 19.2 Å². The standard InChI is InChI=1S/C39H40ClFN4O7/c1-25(24-51-36-30(41)15-9-17-34(36)52-28-13-8-12-27(40)23-28)42-38(48)31-18-19-35(46)43-32(22-26-10-4-3-5-11-26)39(49)45(2)20-21-50-33-16-7-6-14-29(33)37(47)44-31/h3-17,23,25,31-32H,18-22,24H2,1-2H3,(H,42,48)(H,43,46)(H,44,47)/t25-,31+,32+/m1/s1. The van der Waals surface area contributed by atoms with Crippen molar-refractivity contribution in [2.75, 3.05) is 26.8 Å². The Morgan fingerprint density at radius 3 is 2.54 bits per heavy atom. The molecule has 0 saturated carbocycles. The second-order valence-corrected chi connectivity index (χ2v) is 12.8. The van der Waals surface area contributed by atoms with E-state index in [-0.39, 0.29) is 67.7 Å². The monoisotopic (exact) mass is 730 g/mol. The molecule has 3 atom stereocenters.